The Morgan fingerprint density at radius 2 is 2.04 bits per heavy atom. The second-order valence-electron chi connectivity index (χ2n) is 6.30. The molecule has 0 spiro atoms. The zero-order valence-electron chi connectivity index (χ0n) is 14.5. The van der Waals surface area contributed by atoms with Crippen LogP contribution in [0.2, 0.25) is 0 Å². The van der Waals surface area contributed by atoms with E-state index in [9.17, 15) is 0 Å². The summed E-state index contributed by atoms with van der Waals surface area (Å²) in [6.45, 7) is 8.00. The van der Waals surface area contributed by atoms with Crippen LogP contribution >= 0.6 is 0 Å². The Labute approximate surface area is 139 Å². The lowest BCUT2D eigenvalue weighted by molar-refractivity contribution is 0.145. The molecule has 0 bridgehead atoms. The topological polar surface area (TPSA) is 60.1 Å². The van der Waals surface area contributed by atoms with E-state index in [1.165, 1.54) is 18.4 Å². The van der Waals surface area contributed by atoms with Gasteiger partial charge in [-0.2, -0.15) is 0 Å². The van der Waals surface area contributed by atoms with Crippen LogP contribution in [0, 0.1) is 12.8 Å². The first-order chi connectivity index (χ1) is 11.1. The summed E-state index contributed by atoms with van der Waals surface area (Å²) in [5, 5.41) is 0. The van der Waals surface area contributed by atoms with E-state index in [1.54, 1.807) is 7.11 Å². The number of benzene rings is 1. The van der Waals surface area contributed by atoms with E-state index in [-0.39, 0.29) is 0 Å². The highest BCUT2D eigenvalue weighted by molar-refractivity contribution is 5.78. The first-order valence-corrected chi connectivity index (χ1v) is 8.36. The van der Waals surface area contributed by atoms with Crippen LogP contribution in [-0.2, 0) is 11.3 Å². The summed E-state index contributed by atoms with van der Waals surface area (Å²) in [4.78, 5) is 6.75. The Kier molecular flexibility index (Phi) is 6.71. The first-order valence-electron chi connectivity index (χ1n) is 8.36. The summed E-state index contributed by atoms with van der Waals surface area (Å²) >= 11 is 0. The lowest BCUT2D eigenvalue weighted by Crippen LogP contribution is -2.42. The van der Waals surface area contributed by atoms with Crippen molar-refractivity contribution in [3.63, 3.8) is 0 Å². The minimum absolute atomic E-state index is 0.538. The number of methoxy groups -OCH3 is 1. The van der Waals surface area contributed by atoms with Crippen LogP contribution in [0.15, 0.2) is 23.2 Å². The number of hydrogen-bond acceptors (Lipinski definition) is 3. The highest BCUT2D eigenvalue weighted by Crippen LogP contribution is 2.22. The van der Waals surface area contributed by atoms with Gasteiger partial charge in [-0.1, -0.05) is 19.1 Å². The second-order valence-corrected chi connectivity index (χ2v) is 6.30. The minimum Gasteiger partial charge on any atom is -0.491 e. The highest BCUT2D eigenvalue weighted by Gasteiger charge is 2.17. The van der Waals surface area contributed by atoms with E-state index < -0.39 is 0 Å². The molecule has 0 radical (unpaired) electrons. The zero-order valence-corrected chi connectivity index (χ0v) is 14.5. The standard InChI is InChI=1S/C18H29N3O2/c1-14-6-8-21(9-7-14)18(19)20-13-16-5-4-15(2)12-17(16)23-11-10-22-3/h4-5,12,14H,6-11,13H2,1-3H3,(H2,19,20). The molecular weight excluding hydrogens is 290 g/mol. The molecule has 0 atom stereocenters. The largest absolute Gasteiger partial charge is 0.491 e. The van der Waals surface area contributed by atoms with Gasteiger partial charge in [0.25, 0.3) is 0 Å². The molecule has 128 valence electrons. The number of guanidine groups is 1. The third-order valence-electron chi connectivity index (χ3n) is 4.29. The monoisotopic (exact) mass is 319 g/mol. The number of piperidine rings is 1. The third-order valence-corrected chi connectivity index (χ3v) is 4.29. The summed E-state index contributed by atoms with van der Waals surface area (Å²) in [5.41, 5.74) is 8.38. The van der Waals surface area contributed by atoms with Crippen LogP contribution in [0.25, 0.3) is 0 Å². The van der Waals surface area contributed by atoms with Crippen molar-refractivity contribution in [3.05, 3.63) is 29.3 Å². The maximum atomic E-state index is 6.16. The molecule has 1 fully saturated rings. The molecule has 1 heterocycles. The minimum atomic E-state index is 0.538. The predicted octanol–water partition coefficient (Wildman–Crippen LogP) is 2.57. The fourth-order valence-electron chi connectivity index (χ4n) is 2.67. The molecule has 5 nitrogen and oxygen atoms in total. The van der Waals surface area contributed by atoms with Gasteiger partial charge in [0.15, 0.2) is 5.96 Å². The zero-order chi connectivity index (χ0) is 16.7. The highest BCUT2D eigenvalue weighted by atomic mass is 16.5. The Morgan fingerprint density at radius 3 is 2.74 bits per heavy atom. The van der Waals surface area contributed by atoms with Gasteiger partial charge < -0.3 is 20.1 Å². The molecule has 0 aromatic heterocycles. The van der Waals surface area contributed by atoms with Crippen molar-refractivity contribution in [2.24, 2.45) is 16.6 Å². The average molecular weight is 319 g/mol. The number of hydrogen-bond donors (Lipinski definition) is 1. The maximum absolute atomic E-state index is 6.16. The number of likely N-dealkylation sites (tertiary alicyclic amines) is 1. The van der Waals surface area contributed by atoms with Crippen LogP contribution in [0.5, 0.6) is 5.75 Å². The van der Waals surface area contributed by atoms with Gasteiger partial charge in [0, 0.05) is 25.8 Å². The van der Waals surface area contributed by atoms with Crippen molar-refractivity contribution >= 4 is 5.96 Å². The number of aryl methyl sites for hydroxylation is 1. The van der Waals surface area contributed by atoms with Crippen LogP contribution in [0.3, 0.4) is 0 Å². The number of nitrogens with zero attached hydrogens (tertiary/aromatic N) is 2. The van der Waals surface area contributed by atoms with Gasteiger partial charge in [-0.05, 0) is 37.3 Å². The molecule has 0 aliphatic carbocycles. The van der Waals surface area contributed by atoms with Crippen LogP contribution in [-0.4, -0.2) is 44.3 Å². The Hall–Kier alpha value is -1.75. The van der Waals surface area contributed by atoms with Gasteiger partial charge in [-0.25, -0.2) is 4.99 Å². The Balaban J connectivity index is 1.99. The predicted molar refractivity (Wildman–Crippen MR) is 93.8 cm³/mol. The SMILES string of the molecule is COCCOc1cc(C)ccc1CN=C(N)N1CCC(C)CC1. The molecule has 2 N–H and O–H groups in total. The molecule has 1 saturated heterocycles. The lowest BCUT2D eigenvalue weighted by atomic mass is 10.00. The molecular formula is C18H29N3O2. The van der Waals surface area contributed by atoms with E-state index in [4.69, 9.17) is 15.2 Å². The van der Waals surface area contributed by atoms with Crippen molar-refractivity contribution < 1.29 is 9.47 Å². The maximum Gasteiger partial charge on any atom is 0.191 e. The van der Waals surface area contributed by atoms with Crippen molar-refractivity contribution in [1.29, 1.82) is 0 Å². The van der Waals surface area contributed by atoms with Gasteiger partial charge in [0.2, 0.25) is 0 Å². The lowest BCUT2D eigenvalue weighted by Gasteiger charge is -2.31. The first kappa shape index (κ1) is 17.6. The molecule has 0 amide bonds. The van der Waals surface area contributed by atoms with Crippen LogP contribution in [0.4, 0.5) is 0 Å². The van der Waals surface area contributed by atoms with Crippen molar-refractivity contribution in [1.82, 2.24) is 4.90 Å². The molecule has 1 aliphatic heterocycles. The summed E-state index contributed by atoms with van der Waals surface area (Å²) in [6.07, 6.45) is 2.37. The number of nitrogens with two attached hydrogens (primary N) is 1. The van der Waals surface area contributed by atoms with Crippen LogP contribution < -0.4 is 10.5 Å². The van der Waals surface area contributed by atoms with E-state index >= 15 is 0 Å². The van der Waals surface area contributed by atoms with Gasteiger partial charge in [-0.3, -0.25) is 0 Å². The molecule has 2 rings (SSSR count). The molecule has 5 heteroatoms. The Bertz CT molecular complexity index is 523. The normalized spacial score (nSPS) is 16.7. The molecule has 1 aromatic rings. The molecule has 0 unspecified atom stereocenters. The van der Waals surface area contributed by atoms with Gasteiger partial charge in [-0.15, -0.1) is 0 Å². The molecule has 23 heavy (non-hydrogen) atoms. The molecule has 0 saturated carbocycles. The summed E-state index contributed by atoms with van der Waals surface area (Å²) in [6, 6.07) is 6.18. The number of aliphatic imine (C=N–C) groups is 1. The van der Waals surface area contributed by atoms with E-state index in [1.807, 2.05) is 6.07 Å². The van der Waals surface area contributed by atoms with E-state index in [0.717, 1.165) is 30.3 Å². The Morgan fingerprint density at radius 1 is 1.30 bits per heavy atom. The van der Waals surface area contributed by atoms with E-state index in [0.29, 0.717) is 25.7 Å². The van der Waals surface area contributed by atoms with Gasteiger partial charge >= 0.3 is 0 Å². The molecule has 1 aromatic carbocycles. The quantitative estimate of drug-likeness (QED) is 0.497. The summed E-state index contributed by atoms with van der Waals surface area (Å²) in [7, 11) is 1.67. The third kappa shape index (κ3) is 5.43. The van der Waals surface area contributed by atoms with Gasteiger partial charge in [0.05, 0.1) is 13.2 Å². The van der Waals surface area contributed by atoms with Gasteiger partial charge in [0.1, 0.15) is 12.4 Å². The summed E-state index contributed by atoms with van der Waals surface area (Å²) < 4.78 is 10.8. The van der Waals surface area contributed by atoms with Crippen LogP contribution in [0.1, 0.15) is 30.9 Å². The van der Waals surface area contributed by atoms with E-state index in [2.05, 4.69) is 35.9 Å². The number of ether oxygens (including phenoxy) is 2. The summed E-state index contributed by atoms with van der Waals surface area (Å²) in [5.74, 6) is 2.29. The second kappa shape index (κ2) is 8.77. The molecule has 1 aliphatic rings. The number of rotatable bonds is 6. The van der Waals surface area contributed by atoms with Crippen molar-refractivity contribution in [3.8, 4) is 5.75 Å². The van der Waals surface area contributed by atoms with Crippen molar-refractivity contribution in [2.75, 3.05) is 33.4 Å². The fourth-order valence-corrected chi connectivity index (χ4v) is 2.67. The fraction of sp³-hybridized carbons (Fsp3) is 0.611. The van der Waals surface area contributed by atoms with Crippen molar-refractivity contribution in [2.45, 2.75) is 33.2 Å². The average Bonchev–Trinajstić information content (AvgIpc) is 2.54. The smallest absolute Gasteiger partial charge is 0.191 e.